The zero-order valence-electron chi connectivity index (χ0n) is 17.5. The van der Waals surface area contributed by atoms with E-state index in [4.69, 9.17) is 32.7 Å². The van der Waals surface area contributed by atoms with Crippen LogP contribution in [0, 0.1) is 0 Å². The molecule has 0 radical (unpaired) electrons. The van der Waals surface area contributed by atoms with Crippen LogP contribution in [0.5, 0.6) is 0 Å². The fourth-order valence-electron chi connectivity index (χ4n) is 2.35. The molecule has 0 aromatic heterocycles. The summed E-state index contributed by atoms with van der Waals surface area (Å²) >= 11 is 11.9. The van der Waals surface area contributed by atoms with Crippen molar-refractivity contribution in [2.75, 3.05) is 6.61 Å². The Kier molecular flexibility index (Phi) is 9.30. The second-order valence-corrected chi connectivity index (χ2v) is 8.44. The van der Waals surface area contributed by atoms with Crippen molar-refractivity contribution in [3.05, 3.63) is 69.7 Å². The van der Waals surface area contributed by atoms with Gasteiger partial charge in [0.2, 0.25) is 0 Å². The lowest BCUT2D eigenvalue weighted by Gasteiger charge is -2.22. The lowest BCUT2D eigenvalue weighted by molar-refractivity contribution is -0.124. The molecule has 2 N–H and O–H groups in total. The number of halogens is 2. The molecule has 2 aromatic rings. The van der Waals surface area contributed by atoms with Crippen molar-refractivity contribution in [2.45, 2.75) is 39.0 Å². The standard InChI is InChI=1S/C22H25Cl2N3O4/c1-22(2,3)31-21(29)26-19(14-30-13-15-7-5-4-6-8-15)20(28)27-25-12-16-9-10-17(23)11-18(16)24/h4-12,19H,13-14H2,1-3H3,(H,26,29)(H,27,28)/b25-12-/t19-/m0/s1. The number of amides is 2. The molecule has 166 valence electrons. The molecular weight excluding hydrogens is 441 g/mol. The lowest BCUT2D eigenvalue weighted by atomic mass is 10.2. The average Bonchev–Trinajstić information content (AvgIpc) is 2.68. The number of nitrogens with zero attached hydrogens (tertiary/aromatic N) is 1. The van der Waals surface area contributed by atoms with Crippen molar-refractivity contribution in [2.24, 2.45) is 5.10 Å². The Morgan fingerprint density at radius 1 is 1.13 bits per heavy atom. The van der Waals surface area contributed by atoms with Crippen LogP contribution in [0.2, 0.25) is 10.0 Å². The van der Waals surface area contributed by atoms with E-state index in [0.717, 1.165) is 5.56 Å². The van der Waals surface area contributed by atoms with Crippen LogP contribution in [0.3, 0.4) is 0 Å². The Hall–Kier alpha value is -2.61. The van der Waals surface area contributed by atoms with Gasteiger partial charge in [-0.25, -0.2) is 10.2 Å². The minimum atomic E-state index is -1.02. The highest BCUT2D eigenvalue weighted by atomic mass is 35.5. The predicted octanol–water partition coefficient (Wildman–Crippen LogP) is 4.55. The van der Waals surface area contributed by atoms with Gasteiger partial charge in [0.05, 0.1) is 24.5 Å². The molecule has 0 bridgehead atoms. The fraction of sp³-hybridized carbons (Fsp3) is 0.318. The summed E-state index contributed by atoms with van der Waals surface area (Å²) in [4.78, 5) is 24.7. The first-order valence-corrected chi connectivity index (χ1v) is 10.3. The van der Waals surface area contributed by atoms with E-state index in [-0.39, 0.29) is 13.2 Å². The summed E-state index contributed by atoms with van der Waals surface area (Å²) in [6.07, 6.45) is 0.645. The molecule has 0 saturated carbocycles. The number of hydrogen-bond donors (Lipinski definition) is 2. The molecule has 0 aliphatic carbocycles. The Balaban J connectivity index is 1.99. The van der Waals surface area contributed by atoms with E-state index in [1.165, 1.54) is 6.21 Å². The zero-order chi connectivity index (χ0) is 22.9. The number of benzene rings is 2. The molecular formula is C22H25Cl2N3O4. The summed E-state index contributed by atoms with van der Waals surface area (Å²) in [5.41, 5.74) is 3.18. The molecule has 2 amide bonds. The average molecular weight is 466 g/mol. The number of carbonyl (C=O) groups excluding carboxylic acids is 2. The highest BCUT2D eigenvalue weighted by Gasteiger charge is 2.24. The molecule has 0 spiro atoms. The van der Waals surface area contributed by atoms with Crippen LogP contribution < -0.4 is 10.7 Å². The first kappa shape index (κ1) is 24.7. The molecule has 2 rings (SSSR count). The van der Waals surface area contributed by atoms with Crippen LogP contribution in [-0.4, -0.2) is 36.5 Å². The molecule has 0 fully saturated rings. The number of hydrazone groups is 1. The largest absolute Gasteiger partial charge is 0.444 e. The molecule has 2 aromatic carbocycles. The van der Waals surface area contributed by atoms with Gasteiger partial charge in [0.1, 0.15) is 11.6 Å². The van der Waals surface area contributed by atoms with E-state index >= 15 is 0 Å². The summed E-state index contributed by atoms with van der Waals surface area (Å²) in [7, 11) is 0. The van der Waals surface area contributed by atoms with E-state index in [0.29, 0.717) is 15.6 Å². The van der Waals surface area contributed by atoms with E-state index in [2.05, 4.69) is 15.8 Å². The van der Waals surface area contributed by atoms with Crippen LogP contribution in [-0.2, 0) is 20.9 Å². The third-order valence-corrected chi connectivity index (χ3v) is 4.31. The summed E-state index contributed by atoms with van der Waals surface area (Å²) in [5.74, 6) is -0.569. The van der Waals surface area contributed by atoms with Gasteiger partial charge in [-0.1, -0.05) is 59.6 Å². The maximum atomic E-state index is 12.6. The Morgan fingerprint density at radius 2 is 1.84 bits per heavy atom. The van der Waals surface area contributed by atoms with Gasteiger partial charge in [-0.2, -0.15) is 5.10 Å². The van der Waals surface area contributed by atoms with Gasteiger partial charge in [-0.15, -0.1) is 0 Å². The predicted molar refractivity (Wildman–Crippen MR) is 121 cm³/mol. The second-order valence-electron chi connectivity index (χ2n) is 7.60. The van der Waals surface area contributed by atoms with Crippen LogP contribution >= 0.6 is 23.2 Å². The van der Waals surface area contributed by atoms with Crippen molar-refractivity contribution in [1.82, 2.24) is 10.7 Å². The molecule has 31 heavy (non-hydrogen) atoms. The van der Waals surface area contributed by atoms with Gasteiger partial charge >= 0.3 is 6.09 Å². The van der Waals surface area contributed by atoms with Gasteiger partial charge in [-0.3, -0.25) is 4.79 Å². The Morgan fingerprint density at radius 3 is 2.48 bits per heavy atom. The minimum Gasteiger partial charge on any atom is -0.444 e. The molecule has 7 nitrogen and oxygen atoms in total. The number of alkyl carbamates (subject to hydrolysis) is 1. The Labute approximate surface area is 191 Å². The number of rotatable bonds is 8. The van der Waals surface area contributed by atoms with Crippen LogP contribution in [0.15, 0.2) is 53.6 Å². The van der Waals surface area contributed by atoms with Crippen LogP contribution in [0.4, 0.5) is 4.79 Å². The first-order valence-electron chi connectivity index (χ1n) is 9.53. The smallest absolute Gasteiger partial charge is 0.408 e. The number of carbonyl (C=O) groups is 2. The van der Waals surface area contributed by atoms with Crippen LogP contribution in [0.1, 0.15) is 31.9 Å². The fourth-order valence-corrected chi connectivity index (χ4v) is 2.81. The third-order valence-electron chi connectivity index (χ3n) is 3.74. The van der Waals surface area contributed by atoms with Gasteiger partial charge < -0.3 is 14.8 Å². The van der Waals surface area contributed by atoms with Gasteiger partial charge in [-0.05, 0) is 38.5 Å². The SMILES string of the molecule is CC(C)(C)OC(=O)N[C@@H](COCc1ccccc1)C(=O)N/N=C\c1ccc(Cl)cc1Cl. The van der Waals surface area contributed by atoms with E-state index in [1.807, 2.05) is 30.3 Å². The first-order chi connectivity index (χ1) is 14.6. The summed E-state index contributed by atoms with van der Waals surface area (Å²) in [6, 6.07) is 13.3. The van der Waals surface area contributed by atoms with E-state index in [1.54, 1.807) is 39.0 Å². The number of hydrogen-bond acceptors (Lipinski definition) is 5. The van der Waals surface area contributed by atoms with Crippen molar-refractivity contribution >= 4 is 41.4 Å². The maximum Gasteiger partial charge on any atom is 0.408 e. The van der Waals surface area contributed by atoms with Crippen molar-refractivity contribution < 1.29 is 19.1 Å². The maximum absolute atomic E-state index is 12.6. The number of ether oxygens (including phenoxy) is 2. The molecule has 0 heterocycles. The molecule has 0 saturated heterocycles. The Bertz CT molecular complexity index is 915. The van der Waals surface area contributed by atoms with E-state index < -0.39 is 23.6 Å². The monoisotopic (exact) mass is 465 g/mol. The normalized spacial score (nSPS) is 12.4. The van der Waals surface area contributed by atoms with Crippen molar-refractivity contribution in [3.63, 3.8) is 0 Å². The van der Waals surface area contributed by atoms with E-state index in [9.17, 15) is 9.59 Å². The van der Waals surface area contributed by atoms with Gasteiger partial charge in [0.25, 0.3) is 5.91 Å². The van der Waals surface area contributed by atoms with Gasteiger partial charge in [0, 0.05) is 10.6 Å². The summed E-state index contributed by atoms with van der Waals surface area (Å²) in [5, 5.41) is 7.29. The summed E-state index contributed by atoms with van der Waals surface area (Å²) < 4.78 is 10.8. The van der Waals surface area contributed by atoms with Gasteiger partial charge in [0.15, 0.2) is 0 Å². The zero-order valence-corrected chi connectivity index (χ0v) is 19.0. The highest BCUT2D eigenvalue weighted by Crippen LogP contribution is 2.19. The molecule has 0 aliphatic heterocycles. The topological polar surface area (TPSA) is 89.0 Å². The molecule has 1 atom stereocenters. The lowest BCUT2D eigenvalue weighted by Crippen LogP contribution is -2.49. The summed E-state index contributed by atoms with van der Waals surface area (Å²) in [6.45, 7) is 5.40. The van der Waals surface area contributed by atoms with Crippen molar-refractivity contribution in [1.29, 1.82) is 0 Å². The molecule has 9 heteroatoms. The quantitative estimate of drug-likeness (QED) is 0.441. The minimum absolute atomic E-state index is 0.0722. The van der Waals surface area contributed by atoms with Crippen molar-refractivity contribution in [3.8, 4) is 0 Å². The molecule has 0 aliphatic rings. The van der Waals surface area contributed by atoms with Crippen LogP contribution in [0.25, 0.3) is 0 Å². The third kappa shape index (κ3) is 9.38. The highest BCUT2D eigenvalue weighted by molar-refractivity contribution is 6.36. The molecule has 0 unspecified atom stereocenters. The second kappa shape index (κ2) is 11.7. The number of nitrogens with one attached hydrogen (secondary N) is 2.